The highest BCUT2D eigenvalue weighted by atomic mass is 35.5. The molecular weight excluding hydrogens is 237 g/mol. The fourth-order valence-corrected chi connectivity index (χ4v) is 1.63. The average molecular weight is 244 g/mol. The zero-order valence-corrected chi connectivity index (χ0v) is 9.38. The third-order valence-corrected chi connectivity index (χ3v) is 2.18. The molecule has 0 saturated carbocycles. The second-order valence-corrected chi connectivity index (χ2v) is 3.45. The Morgan fingerprint density at radius 2 is 2.13 bits per heavy atom. The van der Waals surface area contributed by atoms with Crippen LogP contribution >= 0.6 is 23.2 Å². The van der Waals surface area contributed by atoms with Crippen LogP contribution in [-0.4, -0.2) is 21.6 Å². The van der Waals surface area contributed by atoms with E-state index in [2.05, 4.69) is 15.0 Å². The number of hydrogen-bond acceptors (Lipinski definition) is 4. The van der Waals surface area contributed by atoms with Gasteiger partial charge >= 0.3 is 0 Å². The van der Waals surface area contributed by atoms with Crippen molar-refractivity contribution in [3.8, 4) is 5.75 Å². The number of rotatable bonds is 2. The van der Waals surface area contributed by atoms with Crippen molar-refractivity contribution in [2.75, 3.05) is 6.61 Å². The lowest BCUT2D eigenvalue weighted by molar-refractivity contribution is 0.339. The number of nitrogens with zero attached hydrogens (tertiary/aromatic N) is 3. The molecule has 2 aromatic heterocycles. The van der Waals surface area contributed by atoms with Crippen molar-refractivity contribution < 1.29 is 4.74 Å². The van der Waals surface area contributed by atoms with Crippen LogP contribution < -0.4 is 4.74 Å². The van der Waals surface area contributed by atoms with Gasteiger partial charge in [-0.05, 0) is 18.5 Å². The van der Waals surface area contributed by atoms with Crippen LogP contribution in [0.25, 0.3) is 11.0 Å². The Kier molecular flexibility index (Phi) is 2.88. The van der Waals surface area contributed by atoms with Crippen molar-refractivity contribution in [2.24, 2.45) is 0 Å². The van der Waals surface area contributed by atoms with Crippen LogP contribution in [0.2, 0.25) is 10.4 Å². The third kappa shape index (κ3) is 2.11. The molecule has 0 amide bonds. The summed E-state index contributed by atoms with van der Waals surface area (Å²) in [6, 6.07) is 1.73. The molecule has 2 heterocycles. The zero-order valence-electron chi connectivity index (χ0n) is 7.87. The quantitative estimate of drug-likeness (QED) is 0.602. The highest BCUT2D eigenvalue weighted by molar-refractivity contribution is 6.35. The Morgan fingerprint density at radius 3 is 2.87 bits per heavy atom. The minimum absolute atomic E-state index is 0.1000. The lowest BCUT2D eigenvalue weighted by atomic mass is 10.3. The van der Waals surface area contributed by atoms with Crippen molar-refractivity contribution >= 4 is 34.2 Å². The Labute approximate surface area is 96.2 Å². The van der Waals surface area contributed by atoms with Gasteiger partial charge in [-0.2, -0.15) is 0 Å². The summed E-state index contributed by atoms with van der Waals surface area (Å²) >= 11 is 11.5. The molecule has 0 fully saturated rings. The van der Waals surface area contributed by atoms with Gasteiger partial charge in [0.25, 0.3) is 0 Å². The van der Waals surface area contributed by atoms with Crippen LogP contribution in [0.1, 0.15) is 6.92 Å². The molecule has 0 N–H and O–H groups in total. The molecule has 0 aliphatic rings. The van der Waals surface area contributed by atoms with E-state index in [0.717, 1.165) is 0 Å². The molecule has 0 aliphatic heterocycles. The summed E-state index contributed by atoms with van der Waals surface area (Å²) in [4.78, 5) is 11.9. The van der Waals surface area contributed by atoms with Gasteiger partial charge in [-0.3, -0.25) is 0 Å². The van der Waals surface area contributed by atoms with Gasteiger partial charge in [0.1, 0.15) is 11.3 Å². The molecule has 0 spiro atoms. The van der Waals surface area contributed by atoms with E-state index in [1.54, 1.807) is 12.3 Å². The average Bonchev–Trinajstić information content (AvgIpc) is 2.17. The first kappa shape index (κ1) is 10.4. The fraction of sp³-hybridized carbons (Fsp3) is 0.222. The molecule has 6 heteroatoms. The summed E-state index contributed by atoms with van der Waals surface area (Å²) in [5, 5.41) is 0.344. The van der Waals surface area contributed by atoms with E-state index in [4.69, 9.17) is 27.9 Å². The van der Waals surface area contributed by atoms with Crippen LogP contribution in [0.3, 0.4) is 0 Å². The summed E-state index contributed by atoms with van der Waals surface area (Å²) in [6.07, 6.45) is 1.58. The Morgan fingerprint density at radius 1 is 1.33 bits per heavy atom. The van der Waals surface area contributed by atoms with Crippen molar-refractivity contribution in [2.45, 2.75) is 6.92 Å². The normalized spacial score (nSPS) is 10.6. The molecule has 4 nitrogen and oxygen atoms in total. The second kappa shape index (κ2) is 4.16. The lowest BCUT2D eigenvalue weighted by Gasteiger charge is -2.04. The molecule has 2 aromatic rings. The van der Waals surface area contributed by atoms with Gasteiger partial charge in [0, 0.05) is 6.07 Å². The number of hydrogen-bond donors (Lipinski definition) is 0. The Hall–Kier alpha value is -1.13. The monoisotopic (exact) mass is 243 g/mol. The maximum absolute atomic E-state index is 5.85. The van der Waals surface area contributed by atoms with Gasteiger partial charge in [0.05, 0.1) is 18.3 Å². The molecular formula is C9H7Cl2N3O. The molecule has 0 radical (unpaired) electrons. The van der Waals surface area contributed by atoms with E-state index in [-0.39, 0.29) is 10.4 Å². The maximum Gasteiger partial charge on any atom is 0.224 e. The van der Waals surface area contributed by atoms with Crippen molar-refractivity contribution in [1.29, 1.82) is 0 Å². The van der Waals surface area contributed by atoms with E-state index in [1.165, 1.54) is 0 Å². The van der Waals surface area contributed by atoms with Crippen LogP contribution in [0.5, 0.6) is 5.75 Å². The standard InChI is InChI=1S/C9H7Cl2N3O/c1-2-15-5-3-6-7(12-4-5)8(10)14-9(11)13-6/h3-4H,2H2,1H3. The molecule has 78 valence electrons. The van der Waals surface area contributed by atoms with Gasteiger partial charge in [-0.25, -0.2) is 15.0 Å². The summed E-state index contributed by atoms with van der Waals surface area (Å²) in [7, 11) is 0. The fourth-order valence-electron chi connectivity index (χ4n) is 1.18. The van der Waals surface area contributed by atoms with E-state index >= 15 is 0 Å². The van der Waals surface area contributed by atoms with E-state index in [9.17, 15) is 0 Å². The van der Waals surface area contributed by atoms with Gasteiger partial charge in [-0.15, -0.1) is 0 Å². The highest BCUT2D eigenvalue weighted by Gasteiger charge is 2.07. The SMILES string of the molecule is CCOc1cnc2c(Cl)nc(Cl)nc2c1. The molecule has 0 aliphatic carbocycles. The van der Waals surface area contributed by atoms with Crippen molar-refractivity contribution in [3.05, 3.63) is 22.7 Å². The molecule has 0 atom stereocenters. The Bertz CT molecular complexity index is 504. The lowest BCUT2D eigenvalue weighted by Crippen LogP contribution is -1.94. The highest BCUT2D eigenvalue weighted by Crippen LogP contribution is 2.23. The summed E-state index contributed by atoms with van der Waals surface area (Å²) in [5.74, 6) is 0.635. The third-order valence-electron chi connectivity index (χ3n) is 1.75. The van der Waals surface area contributed by atoms with Crippen LogP contribution in [0.4, 0.5) is 0 Å². The number of ether oxygens (including phenoxy) is 1. The first-order chi connectivity index (χ1) is 7.20. The summed E-state index contributed by atoms with van der Waals surface area (Å²) in [5.41, 5.74) is 1.09. The molecule has 0 unspecified atom stereocenters. The van der Waals surface area contributed by atoms with Crippen LogP contribution in [-0.2, 0) is 0 Å². The number of fused-ring (bicyclic) bond motifs is 1. The Balaban J connectivity index is 2.60. The van der Waals surface area contributed by atoms with E-state index in [0.29, 0.717) is 23.4 Å². The molecule has 2 rings (SSSR count). The first-order valence-electron chi connectivity index (χ1n) is 4.32. The number of aromatic nitrogens is 3. The number of halogens is 2. The molecule has 15 heavy (non-hydrogen) atoms. The second-order valence-electron chi connectivity index (χ2n) is 2.76. The van der Waals surface area contributed by atoms with Crippen LogP contribution in [0.15, 0.2) is 12.3 Å². The summed E-state index contributed by atoms with van der Waals surface area (Å²) < 4.78 is 5.28. The van der Waals surface area contributed by atoms with Crippen molar-refractivity contribution in [3.63, 3.8) is 0 Å². The smallest absolute Gasteiger partial charge is 0.224 e. The first-order valence-corrected chi connectivity index (χ1v) is 5.08. The van der Waals surface area contributed by atoms with Gasteiger partial charge in [-0.1, -0.05) is 11.6 Å². The van der Waals surface area contributed by atoms with E-state index < -0.39 is 0 Å². The van der Waals surface area contributed by atoms with Gasteiger partial charge < -0.3 is 4.74 Å². The largest absolute Gasteiger partial charge is 0.492 e. The van der Waals surface area contributed by atoms with Crippen LogP contribution in [0, 0.1) is 0 Å². The van der Waals surface area contributed by atoms with Gasteiger partial charge in [0.2, 0.25) is 5.28 Å². The molecule has 0 aromatic carbocycles. The summed E-state index contributed by atoms with van der Waals surface area (Å²) in [6.45, 7) is 2.46. The maximum atomic E-state index is 5.85. The topological polar surface area (TPSA) is 47.9 Å². The number of pyridine rings is 1. The zero-order chi connectivity index (χ0) is 10.8. The minimum Gasteiger partial charge on any atom is -0.492 e. The predicted molar refractivity (Wildman–Crippen MR) is 58.5 cm³/mol. The van der Waals surface area contributed by atoms with Gasteiger partial charge in [0.15, 0.2) is 5.15 Å². The van der Waals surface area contributed by atoms with E-state index in [1.807, 2.05) is 6.92 Å². The molecule has 0 bridgehead atoms. The molecule has 0 saturated heterocycles. The van der Waals surface area contributed by atoms with Crippen molar-refractivity contribution in [1.82, 2.24) is 15.0 Å². The predicted octanol–water partition coefficient (Wildman–Crippen LogP) is 2.73. The minimum atomic E-state index is 0.1000.